The number of nitrogens with one attached hydrogen (secondary N) is 3. The molecule has 1 aromatic heterocycles. The number of aryl methyl sites for hydroxylation is 1. The van der Waals surface area contributed by atoms with Gasteiger partial charge < -0.3 is 15.6 Å². The van der Waals surface area contributed by atoms with Gasteiger partial charge in [0.1, 0.15) is 5.56 Å². The molecule has 1 aromatic rings. The molecule has 100 valence electrons. The quantitative estimate of drug-likeness (QED) is 0.737. The fourth-order valence-corrected chi connectivity index (χ4v) is 1.99. The molecule has 0 aromatic carbocycles. The third-order valence-electron chi connectivity index (χ3n) is 2.93. The first-order valence-electron chi connectivity index (χ1n) is 5.88. The van der Waals surface area contributed by atoms with Crippen molar-refractivity contribution < 1.29 is 4.79 Å². The largest absolute Gasteiger partial charge is 0.348 e. The minimum absolute atomic E-state index is 0. The minimum Gasteiger partial charge on any atom is -0.348 e. The van der Waals surface area contributed by atoms with Crippen LogP contribution in [-0.4, -0.2) is 30.0 Å². The summed E-state index contributed by atoms with van der Waals surface area (Å²) >= 11 is 0. The van der Waals surface area contributed by atoms with E-state index >= 15 is 0 Å². The Balaban J connectivity index is 0.00000162. The summed E-state index contributed by atoms with van der Waals surface area (Å²) in [5, 5.41) is 6.09. The van der Waals surface area contributed by atoms with Gasteiger partial charge in [-0.1, -0.05) is 0 Å². The molecule has 5 nitrogen and oxygen atoms in total. The van der Waals surface area contributed by atoms with Crippen molar-refractivity contribution in [3.8, 4) is 0 Å². The second-order valence-electron chi connectivity index (χ2n) is 4.40. The van der Waals surface area contributed by atoms with Gasteiger partial charge in [-0.2, -0.15) is 0 Å². The van der Waals surface area contributed by atoms with Crippen LogP contribution in [0.2, 0.25) is 0 Å². The highest BCUT2D eigenvalue weighted by Crippen LogP contribution is 2.02. The molecule has 0 radical (unpaired) electrons. The van der Waals surface area contributed by atoms with E-state index in [1.54, 1.807) is 19.1 Å². The topological polar surface area (TPSA) is 74.0 Å². The SMILES string of the molecule is Cc1ccc(C(=O)NC2CCCNC2)c(=O)[nH]1.Cl. The lowest BCUT2D eigenvalue weighted by molar-refractivity contribution is 0.0929. The average Bonchev–Trinajstić information content (AvgIpc) is 2.30. The molecule has 3 N–H and O–H groups in total. The molecule has 0 aliphatic carbocycles. The second kappa shape index (κ2) is 6.56. The van der Waals surface area contributed by atoms with Crippen LogP contribution >= 0.6 is 12.4 Å². The van der Waals surface area contributed by atoms with E-state index in [4.69, 9.17) is 0 Å². The van der Waals surface area contributed by atoms with E-state index in [1.165, 1.54) is 0 Å². The monoisotopic (exact) mass is 271 g/mol. The molecule has 0 bridgehead atoms. The fraction of sp³-hybridized carbons (Fsp3) is 0.500. The van der Waals surface area contributed by atoms with Crippen molar-refractivity contribution in [2.75, 3.05) is 13.1 Å². The van der Waals surface area contributed by atoms with Crippen molar-refractivity contribution in [1.29, 1.82) is 0 Å². The van der Waals surface area contributed by atoms with Crippen LogP contribution < -0.4 is 16.2 Å². The van der Waals surface area contributed by atoms with E-state index in [0.717, 1.165) is 31.6 Å². The van der Waals surface area contributed by atoms with E-state index in [0.29, 0.717) is 0 Å². The lowest BCUT2D eigenvalue weighted by Crippen LogP contribution is -2.46. The molecule has 2 heterocycles. The van der Waals surface area contributed by atoms with E-state index in [1.807, 2.05) is 0 Å². The maximum Gasteiger partial charge on any atom is 0.260 e. The normalized spacial score (nSPS) is 18.8. The number of rotatable bonds is 2. The van der Waals surface area contributed by atoms with Gasteiger partial charge in [0.05, 0.1) is 0 Å². The number of pyridine rings is 1. The van der Waals surface area contributed by atoms with Crippen LogP contribution in [0.4, 0.5) is 0 Å². The number of amides is 1. The van der Waals surface area contributed by atoms with Crippen molar-refractivity contribution in [3.63, 3.8) is 0 Å². The third kappa shape index (κ3) is 3.58. The molecule has 1 atom stereocenters. The maximum absolute atomic E-state index is 11.9. The lowest BCUT2D eigenvalue weighted by Gasteiger charge is -2.23. The molecule has 1 saturated heterocycles. The summed E-state index contributed by atoms with van der Waals surface area (Å²) in [6.07, 6.45) is 2.01. The lowest BCUT2D eigenvalue weighted by atomic mass is 10.1. The van der Waals surface area contributed by atoms with E-state index in [9.17, 15) is 9.59 Å². The Morgan fingerprint density at radius 1 is 1.44 bits per heavy atom. The Labute approximate surface area is 112 Å². The molecule has 1 fully saturated rings. The average molecular weight is 272 g/mol. The summed E-state index contributed by atoms with van der Waals surface area (Å²) in [6.45, 7) is 3.56. The zero-order chi connectivity index (χ0) is 12.3. The Morgan fingerprint density at radius 3 is 2.83 bits per heavy atom. The number of hydrogen-bond donors (Lipinski definition) is 3. The molecular formula is C12H18ClN3O2. The maximum atomic E-state index is 11.9. The van der Waals surface area contributed by atoms with Crippen molar-refractivity contribution in [2.45, 2.75) is 25.8 Å². The third-order valence-corrected chi connectivity index (χ3v) is 2.93. The molecule has 0 saturated carbocycles. The molecule has 1 unspecified atom stereocenters. The number of halogens is 1. The van der Waals surface area contributed by atoms with Crippen molar-refractivity contribution in [2.24, 2.45) is 0 Å². The minimum atomic E-state index is -0.328. The Hall–Kier alpha value is -1.33. The van der Waals surface area contributed by atoms with Crippen LogP contribution in [0, 0.1) is 6.92 Å². The highest BCUT2D eigenvalue weighted by atomic mass is 35.5. The second-order valence-corrected chi connectivity index (χ2v) is 4.40. The molecule has 2 rings (SSSR count). The van der Waals surface area contributed by atoms with Gasteiger partial charge in [0.2, 0.25) is 0 Å². The predicted octanol–water partition coefficient (Wildman–Crippen LogP) is 0.587. The molecular weight excluding hydrogens is 254 g/mol. The van der Waals surface area contributed by atoms with Gasteiger partial charge in [0, 0.05) is 18.3 Å². The van der Waals surface area contributed by atoms with Crippen LogP contribution in [-0.2, 0) is 0 Å². The van der Waals surface area contributed by atoms with Gasteiger partial charge in [-0.15, -0.1) is 12.4 Å². The number of H-pyrrole nitrogens is 1. The molecule has 1 amide bonds. The standard InChI is InChI=1S/C12H17N3O2.ClH/c1-8-4-5-10(11(16)14-8)12(17)15-9-3-2-6-13-7-9;/h4-5,9,13H,2-3,6-7H2,1H3,(H,14,16)(H,15,17);1H. The summed E-state index contributed by atoms with van der Waals surface area (Å²) in [7, 11) is 0. The smallest absolute Gasteiger partial charge is 0.260 e. The number of piperidine rings is 1. The van der Waals surface area contributed by atoms with E-state index in [-0.39, 0.29) is 35.5 Å². The molecule has 1 aliphatic rings. The number of hydrogen-bond acceptors (Lipinski definition) is 3. The van der Waals surface area contributed by atoms with Crippen LogP contribution in [0.15, 0.2) is 16.9 Å². The van der Waals surface area contributed by atoms with Gasteiger partial charge in [-0.05, 0) is 38.4 Å². The van der Waals surface area contributed by atoms with Crippen LogP contribution in [0.1, 0.15) is 28.9 Å². The van der Waals surface area contributed by atoms with Gasteiger partial charge in [-0.3, -0.25) is 9.59 Å². The number of aromatic nitrogens is 1. The first kappa shape index (κ1) is 14.7. The first-order valence-corrected chi connectivity index (χ1v) is 5.88. The Morgan fingerprint density at radius 2 is 2.22 bits per heavy atom. The number of carbonyl (C=O) groups excluding carboxylic acids is 1. The summed E-state index contributed by atoms with van der Waals surface area (Å²) in [5.74, 6) is -0.292. The summed E-state index contributed by atoms with van der Waals surface area (Å²) in [4.78, 5) is 26.1. The Bertz CT molecular complexity index is 467. The van der Waals surface area contributed by atoms with Gasteiger partial charge >= 0.3 is 0 Å². The molecule has 1 aliphatic heterocycles. The summed E-state index contributed by atoms with van der Waals surface area (Å²) in [5.41, 5.74) is 0.610. The van der Waals surface area contributed by atoms with Crippen molar-refractivity contribution in [1.82, 2.24) is 15.6 Å². The zero-order valence-electron chi connectivity index (χ0n) is 10.3. The van der Waals surface area contributed by atoms with E-state index < -0.39 is 0 Å². The molecule has 0 spiro atoms. The predicted molar refractivity (Wildman–Crippen MR) is 72.4 cm³/mol. The van der Waals surface area contributed by atoms with Gasteiger partial charge in [0.15, 0.2) is 0 Å². The zero-order valence-corrected chi connectivity index (χ0v) is 11.1. The van der Waals surface area contributed by atoms with Crippen LogP contribution in [0.5, 0.6) is 0 Å². The fourth-order valence-electron chi connectivity index (χ4n) is 1.99. The van der Waals surface area contributed by atoms with Crippen molar-refractivity contribution >= 4 is 18.3 Å². The van der Waals surface area contributed by atoms with E-state index in [2.05, 4.69) is 15.6 Å². The van der Waals surface area contributed by atoms with Gasteiger partial charge in [0.25, 0.3) is 11.5 Å². The van der Waals surface area contributed by atoms with Crippen LogP contribution in [0.25, 0.3) is 0 Å². The Kier molecular flexibility index (Phi) is 5.37. The van der Waals surface area contributed by atoms with Crippen molar-refractivity contribution in [3.05, 3.63) is 33.7 Å². The summed E-state index contributed by atoms with van der Waals surface area (Å²) in [6, 6.07) is 3.42. The highest BCUT2D eigenvalue weighted by Gasteiger charge is 2.17. The number of aromatic amines is 1. The molecule has 6 heteroatoms. The number of carbonyl (C=O) groups is 1. The summed E-state index contributed by atoms with van der Waals surface area (Å²) < 4.78 is 0. The molecule has 18 heavy (non-hydrogen) atoms. The highest BCUT2D eigenvalue weighted by molar-refractivity contribution is 5.94. The van der Waals surface area contributed by atoms with Crippen LogP contribution in [0.3, 0.4) is 0 Å². The first-order chi connectivity index (χ1) is 8.16. The van der Waals surface area contributed by atoms with Gasteiger partial charge in [-0.25, -0.2) is 0 Å².